The summed E-state index contributed by atoms with van der Waals surface area (Å²) < 4.78 is 46.4. The first-order valence-electron chi connectivity index (χ1n) is 14.2. The first-order chi connectivity index (χ1) is 17.4. The average molecular weight is 633 g/mol. The van der Waals surface area contributed by atoms with Gasteiger partial charge in [0.05, 0.1) is 6.61 Å². The Morgan fingerprint density at radius 2 is 0.974 bits per heavy atom. The summed E-state index contributed by atoms with van der Waals surface area (Å²) in [6, 6.07) is 7.81. The molecule has 0 spiro atoms. The quantitative estimate of drug-likeness (QED) is 0.209. The Balaban J connectivity index is 2.51. The van der Waals surface area contributed by atoms with E-state index in [2.05, 4.69) is 98.2 Å². The van der Waals surface area contributed by atoms with Gasteiger partial charge in [0.2, 0.25) is 14.6 Å². The molecule has 12 heteroatoms. The third kappa shape index (κ3) is 13.5. The molecule has 0 aromatic heterocycles. The number of rotatable bonds is 13. The van der Waals surface area contributed by atoms with Crippen LogP contribution in [0, 0.1) is 0 Å². The van der Waals surface area contributed by atoms with Crippen LogP contribution in [-0.4, -0.2) is 78.9 Å². The molecular formula is C27H56O7Si5. The van der Waals surface area contributed by atoms with Crippen LogP contribution in [0.25, 0.3) is 0 Å². The molecule has 1 saturated heterocycles. The van der Waals surface area contributed by atoms with E-state index in [-0.39, 0.29) is 18.3 Å². The van der Waals surface area contributed by atoms with Crippen LogP contribution in [-0.2, 0) is 22.4 Å². The summed E-state index contributed by atoms with van der Waals surface area (Å²) in [5, 5.41) is 0. The van der Waals surface area contributed by atoms with E-state index in [9.17, 15) is 0 Å². The van der Waals surface area contributed by atoms with Crippen molar-refractivity contribution in [2.24, 2.45) is 0 Å². The monoisotopic (exact) mass is 632 g/mol. The van der Waals surface area contributed by atoms with Crippen LogP contribution in [0.5, 0.6) is 11.5 Å². The fourth-order valence-corrected chi connectivity index (χ4v) is 8.90. The molecule has 0 aliphatic carbocycles. The van der Waals surface area contributed by atoms with Gasteiger partial charge in [-0.05, 0) is 122 Å². The molecule has 1 aromatic carbocycles. The third-order valence-corrected chi connectivity index (χ3v) is 10.1. The molecule has 0 saturated carbocycles. The molecule has 2 rings (SSSR count). The minimum atomic E-state index is -2.02. The van der Waals surface area contributed by atoms with Gasteiger partial charge in [0.1, 0.15) is 35.9 Å². The molecule has 1 aliphatic heterocycles. The summed E-state index contributed by atoms with van der Waals surface area (Å²) in [4.78, 5) is 0. The van der Waals surface area contributed by atoms with Crippen molar-refractivity contribution in [2.75, 3.05) is 6.61 Å². The molecule has 226 valence electrons. The molecule has 1 heterocycles. The highest BCUT2D eigenvalue weighted by Crippen LogP contribution is 2.35. The summed E-state index contributed by atoms with van der Waals surface area (Å²) in [6.45, 7) is 33.3. The Morgan fingerprint density at radius 1 is 0.538 bits per heavy atom. The molecule has 39 heavy (non-hydrogen) atoms. The lowest BCUT2D eigenvalue weighted by molar-refractivity contribution is -0.265. The van der Waals surface area contributed by atoms with Gasteiger partial charge in [-0.3, -0.25) is 0 Å². The summed E-state index contributed by atoms with van der Waals surface area (Å²) in [5.74, 6) is 1.55. The molecule has 5 atom stereocenters. The third-order valence-electron chi connectivity index (χ3n) is 5.24. The van der Waals surface area contributed by atoms with Crippen molar-refractivity contribution in [1.82, 2.24) is 0 Å². The van der Waals surface area contributed by atoms with Gasteiger partial charge in [0.25, 0.3) is 0 Å². The van der Waals surface area contributed by atoms with E-state index in [1.807, 2.05) is 24.3 Å². The zero-order valence-corrected chi connectivity index (χ0v) is 32.3. The summed E-state index contributed by atoms with van der Waals surface area (Å²) >= 11 is 0. The van der Waals surface area contributed by atoms with Crippen molar-refractivity contribution < 1.29 is 31.6 Å². The maximum atomic E-state index is 6.91. The van der Waals surface area contributed by atoms with Gasteiger partial charge in [-0.2, -0.15) is 0 Å². The van der Waals surface area contributed by atoms with Crippen molar-refractivity contribution in [3.05, 3.63) is 24.3 Å². The number of hydrogen-bond acceptors (Lipinski definition) is 7. The standard InChI is InChI=1S/C27H56O7Si5/c1-35(2,3)28-20-23-24(32-37(7,8)9)25(33-38(10,11)12)26(34-39(13,14)15)27(30-23)29-21-16-18-22(19-17-21)31-36(4,5)6/h16-19,23-27H,20H2,1-15H3. The van der Waals surface area contributed by atoms with E-state index in [1.165, 1.54) is 0 Å². The highest BCUT2D eigenvalue weighted by molar-refractivity contribution is 6.71. The average Bonchev–Trinajstić information content (AvgIpc) is 2.68. The minimum Gasteiger partial charge on any atom is -0.544 e. The molecule has 7 nitrogen and oxygen atoms in total. The number of ether oxygens (including phenoxy) is 2. The molecule has 5 unspecified atom stereocenters. The van der Waals surface area contributed by atoms with Crippen molar-refractivity contribution in [2.45, 2.75) is 129 Å². The van der Waals surface area contributed by atoms with Gasteiger partial charge >= 0.3 is 0 Å². The van der Waals surface area contributed by atoms with Gasteiger partial charge in [-0.25, -0.2) is 0 Å². The van der Waals surface area contributed by atoms with E-state index in [4.69, 9.17) is 31.6 Å². The maximum Gasteiger partial charge on any atom is 0.242 e. The van der Waals surface area contributed by atoms with E-state index in [0.717, 1.165) is 5.75 Å². The minimum absolute atomic E-state index is 0.312. The van der Waals surface area contributed by atoms with Crippen molar-refractivity contribution >= 4 is 41.6 Å². The van der Waals surface area contributed by atoms with Crippen LogP contribution < -0.4 is 9.16 Å². The second kappa shape index (κ2) is 12.9. The lowest BCUT2D eigenvalue weighted by Crippen LogP contribution is -2.67. The van der Waals surface area contributed by atoms with Crippen molar-refractivity contribution in [3.63, 3.8) is 0 Å². The molecule has 0 N–H and O–H groups in total. The van der Waals surface area contributed by atoms with Gasteiger partial charge < -0.3 is 31.6 Å². The Labute approximate surface area is 243 Å². The van der Waals surface area contributed by atoms with Crippen LogP contribution in [0.3, 0.4) is 0 Å². The highest BCUT2D eigenvalue weighted by atomic mass is 28.4. The summed E-state index contributed by atoms with van der Waals surface area (Å²) in [6.07, 6.45) is -2.10. The fourth-order valence-electron chi connectivity index (χ4n) is 4.14. The predicted octanol–water partition coefficient (Wildman–Crippen LogP) is 7.52. The first-order valence-corrected chi connectivity index (χ1v) is 31.2. The molecule has 1 fully saturated rings. The van der Waals surface area contributed by atoms with E-state index >= 15 is 0 Å². The second-order valence-corrected chi connectivity index (χ2v) is 37.7. The first kappa shape index (κ1) is 34.9. The second-order valence-electron chi connectivity index (χ2n) is 15.4. The van der Waals surface area contributed by atoms with Gasteiger partial charge in [0, 0.05) is 0 Å². The van der Waals surface area contributed by atoms with Gasteiger partial charge in [-0.1, -0.05) is 0 Å². The van der Waals surface area contributed by atoms with Gasteiger partial charge in [-0.15, -0.1) is 0 Å². The molecule has 0 bridgehead atoms. The van der Waals surface area contributed by atoms with E-state index in [1.54, 1.807) is 0 Å². The molecule has 1 aliphatic rings. The molecular weight excluding hydrogens is 577 g/mol. The smallest absolute Gasteiger partial charge is 0.242 e. The topological polar surface area (TPSA) is 64.6 Å². The maximum absolute atomic E-state index is 6.91. The van der Waals surface area contributed by atoms with Crippen LogP contribution in [0.15, 0.2) is 24.3 Å². The van der Waals surface area contributed by atoms with Crippen LogP contribution >= 0.6 is 0 Å². The van der Waals surface area contributed by atoms with Crippen molar-refractivity contribution in [1.29, 1.82) is 0 Å². The Morgan fingerprint density at radius 3 is 1.41 bits per heavy atom. The van der Waals surface area contributed by atoms with Gasteiger partial charge in [0.15, 0.2) is 33.3 Å². The summed E-state index contributed by atoms with van der Waals surface area (Å²) in [7, 11) is -9.51. The van der Waals surface area contributed by atoms with E-state index < -0.39 is 54.0 Å². The Bertz CT molecular complexity index is 896. The zero-order chi connectivity index (χ0) is 30.0. The molecule has 0 amide bonds. The van der Waals surface area contributed by atoms with Crippen LogP contribution in [0.4, 0.5) is 0 Å². The number of benzene rings is 1. The Hall–Kier alpha value is -0.296. The van der Waals surface area contributed by atoms with Crippen LogP contribution in [0.2, 0.25) is 98.2 Å². The zero-order valence-electron chi connectivity index (χ0n) is 27.3. The molecule has 1 aromatic rings. The fraction of sp³-hybridized carbons (Fsp3) is 0.778. The Kier molecular flexibility index (Phi) is 11.6. The lowest BCUT2D eigenvalue weighted by Gasteiger charge is -2.50. The SMILES string of the molecule is C[Si](C)(C)OCC1OC(Oc2ccc(O[Si](C)(C)C)cc2)C(O[Si](C)(C)C)C(O[Si](C)(C)C)C1O[Si](C)(C)C. The summed E-state index contributed by atoms with van der Waals surface area (Å²) in [5.41, 5.74) is 0. The predicted molar refractivity (Wildman–Crippen MR) is 174 cm³/mol. The highest BCUT2D eigenvalue weighted by Gasteiger charge is 2.52. The van der Waals surface area contributed by atoms with E-state index in [0.29, 0.717) is 12.4 Å². The largest absolute Gasteiger partial charge is 0.544 e. The lowest BCUT2D eigenvalue weighted by atomic mass is 9.99. The number of hydrogen-bond donors (Lipinski definition) is 0. The van der Waals surface area contributed by atoms with Crippen molar-refractivity contribution in [3.8, 4) is 11.5 Å². The molecule has 0 radical (unpaired) electrons. The normalized spacial score (nSPS) is 25.5. The van der Waals surface area contributed by atoms with Crippen LogP contribution in [0.1, 0.15) is 0 Å².